The second kappa shape index (κ2) is 3.77. The third-order valence-electron chi connectivity index (χ3n) is 1.72. The molecular formula is C6H5BrF6O2. The van der Waals surface area contributed by atoms with Crippen LogP contribution in [-0.2, 0) is 9.47 Å². The summed E-state index contributed by atoms with van der Waals surface area (Å²) < 4.78 is 81.1. The van der Waals surface area contributed by atoms with Gasteiger partial charge in [0.05, 0.1) is 12.7 Å². The monoisotopic (exact) mass is 302 g/mol. The van der Waals surface area contributed by atoms with Crippen molar-refractivity contribution in [2.45, 2.75) is 24.2 Å². The number of hydrogen-bond donors (Lipinski definition) is 0. The van der Waals surface area contributed by atoms with Crippen LogP contribution in [0.25, 0.3) is 0 Å². The summed E-state index contributed by atoms with van der Waals surface area (Å²) in [5.41, 5.74) is 0. The van der Waals surface area contributed by atoms with E-state index in [9.17, 15) is 26.3 Å². The molecule has 1 heterocycles. The molecule has 9 heteroatoms. The van der Waals surface area contributed by atoms with Crippen LogP contribution in [0.1, 0.15) is 0 Å². The maximum Gasteiger partial charge on any atom is 0.453 e. The second-order valence-corrected chi connectivity index (χ2v) is 3.46. The SMILES string of the molecule is FC(F)(F)C1(C(F)(F)F)OCC(CBr)O1. The summed E-state index contributed by atoms with van der Waals surface area (Å²) in [5, 5.41) is -0.166. The van der Waals surface area contributed by atoms with Crippen molar-refractivity contribution in [2.75, 3.05) is 11.9 Å². The van der Waals surface area contributed by atoms with Gasteiger partial charge in [-0.1, -0.05) is 15.9 Å². The van der Waals surface area contributed by atoms with Crippen molar-refractivity contribution >= 4 is 15.9 Å². The van der Waals surface area contributed by atoms with Crippen LogP contribution in [-0.4, -0.2) is 36.2 Å². The van der Waals surface area contributed by atoms with Gasteiger partial charge in [0.1, 0.15) is 0 Å². The Morgan fingerprint density at radius 3 is 1.80 bits per heavy atom. The van der Waals surface area contributed by atoms with Crippen molar-refractivity contribution in [3.63, 3.8) is 0 Å². The van der Waals surface area contributed by atoms with E-state index in [1.165, 1.54) is 0 Å². The van der Waals surface area contributed by atoms with Gasteiger partial charge in [-0.25, -0.2) is 0 Å². The largest absolute Gasteiger partial charge is 0.453 e. The molecule has 0 aromatic heterocycles. The molecule has 0 aromatic carbocycles. The van der Waals surface area contributed by atoms with Gasteiger partial charge in [-0.3, -0.25) is 0 Å². The Morgan fingerprint density at radius 1 is 1.13 bits per heavy atom. The van der Waals surface area contributed by atoms with E-state index in [2.05, 4.69) is 25.4 Å². The van der Waals surface area contributed by atoms with E-state index in [1.807, 2.05) is 0 Å². The molecule has 0 spiro atoms. The summed E-state index contributed by atoms with van der Waals surface area (Å²) in [6.45, 7) is -0.760. The second-order valence-electron chi connectivity index (χ2n) is 2.82. The topological polar surface area (TPSA) is 18.5 Å². The van der Waals surface area contributed by atoms with Gasteiger partial charge in [0, 0.05) is 5.33 Å². The summed E-state index contributed by atoms with van der Waals surface area (Å²) in [6, 6.07) is 0. The molecular weight excluding hydrogens is 298 g/mol. The zero-order chi connectivity index (χ0) is 11.9. The van der Waals surface area contributed by atoms with E-state index >= 15 is 0 Å². The molecule has 0 aromatic rings. The van der Waals surface area contributed by atoms with E-state index in [1.54, 1.807) is 0 Å². The van der Waals surface area contributed by atoms with Crippen LogP contribution < -0.4 is 0 Å². The maximum atomic E-state index is 12.2. The molecule has 0 aliphatic carbocycles. The molecule has 1 saturated heterocycles. The fourth-order valence-corrected chi connectivity index (χ4v) is 1.37. The average Bonchev–Trinajstić information content (AvgIpc) is 2.45. The zero-order valence-corrected chi connectivity index (χ0v) is 8.54. The molecule has 15 heavy (non-hydrogen) atoms. The lowest BCUT2D eigenvalue weighted by molar-refractivity contribution is -0.442. The van der Waals surface area contributed by atoms with Gasteiger partial charge in [0.2, 0.25) is 0 Å². The molecule has 0 bridgehead atoms. The molecule has 1 rings (SSSR count). The quantitative estimate of drug-likeness (QED) is 0.547. The van der Waals surface area contributed by atoms with Crippen molar-refractivity contribution in [3.05, 3.63) is 0 Å². The molecule has 0 N–H and O–H groups in total. The van der Waals surface area contributed by atoms with Crippen LogP contribution in [0.3, 0.4) is 0 Å². The third kappa shape index (κ3) is 2.09. The number of ether oxygens (including phenoxy) is 2. The van der Waals surface area contributed by atoms with Gasteiger partial charge in [0.15, 0.2) is 0 Å². The van der Waals surface area contributed by atoms with E-state index in [-0.39, 0.29) is 5.33 Å². The molecule has 0 amide bonds. The minimum Gasteiger partial charge on any atom is -0.333 e. The first-order valence-electron chi connectivity index (χ1n) is 3.65. The van der Waals surface area contributed by atoms with E-state index in [0.717, 1.165) is 0 Å². The first kappa shape index (κ1) is 13.0. The normalized spacial score (nSPS) is 27.0. The lowest BCUT2D eigenvalue weighted by atomic mass is 10.2. The van der Waals surface area contributed by atoms with Gasteiger partial charge in [-0.15, -0.1) is 0 Å². The molecule has 0 radical (unpaired) electrons. The summed E-state index contributed by atoms with van der Waals surface area (Å²) in [7, 11) is 0. The van der Waals surface area contributed by atoms with Crippen molar-refractivity contribution in [1.29, 1.82) is 0 Å². The molecule has 1 aliphatic rings. The third-order valence-corrected chi connectivity index (χ3v) is 2.45. The number of rotatable bonds is 1. The Bertz CT molecular complexity index is 223. The molecule has 90 valence electrons. The molecule has 1 aliphatic heterocycles. The Balaban J connectivity index is 3.01. The van der Waals surface area contributed by atoms with Crippen LogP contribution in [0.15, 0.2) is 0 Å². The molecule has 1 atom stereocenters. The van der Waals surface area contributed by atoms with E-state index in [0.29, 0.717) is 0 Å². The van der Waals surface area contributed by atoms with Gasteiger partial charge >= 0.3 is 18.1 Å². The highest BCUT2D eigenvalue weighted by Gasteiger charge is 2.77. The highest BCUT2D eigenvalue weighted by Crippen LogP contribution is 2.49. The van der Waals surface area contributed by atoms with Gasteiger partial charge in [0.25, 0.3) is 0 Å². The summed E-state index contributed by atoms with van der Waals surface area (Å²) in [6.07, 6.45) is -12.6. The number of alkyl halides is 7. The highest BCUT2D eigenvalue weighted by molar-refractivity contribution is 9.09. The standard InChI is InChI=1S/C6H5BrF6O2/c7-1-3-2-14-4(15-3,5(8,9)10)6(11,12)13/h3H,1-2H2. The Hall–Kier alpha value is -0.0200. The average molecular weight is 303 g/mol. The first-order valence-corrected chi connectivity index (χ1v) is 4.77. The highest BCUT2D eigenvalue weighted by atomic mass is 79.9. The lowest BCUT2D eigenvalue weighted by Crippen LogP contribution is -2.58. The predicted molar refractivity (Wildman–Crippen MR) is 39.5 cm³/mol. The van der Waals surface area contributed by atoms with Crippen molar-refractivity contribution in [1.82, 2.24) is 0 Å². The van der Waals surface area contributed by atoms with Gasteiger partial charge in [-0.2, -0.15) is 26.3 Å². The smallest absolute Gasteiger partial charge is 0.333 e. The fourth-order valence-electron chi connectivity index (χ4n) is 1.05. The molecule has 1 fully saturated rings. The summed E-state index contributed by atoms with van der Waals surface area (Å²) in [4.78, 5) is 0. The van der Waals surface area contributed by atoms with E-state index < -0.39 is 30.9 Å². The summed E-state index contributed by atoms with van der Waals surface area (Å²) >= 11 is 2.72. The van der Waals surface area contributed by atoms with Crippen LogP contribution in [0.5, 0.6) is 0 Å². The zero-order valence-electron chi connectivity index (χ0n) is 6.95. The van der Waals surface area contributed by atoms with Crippen molar-refractivity contribution in [2.24, 2.45) is 0 Å². The van der Waals surface area contributed by atoms with E-state index in [4.69, 9.17) is 0 Å². The minimum absolute atomic E-state index is 0.166. The van der Waals surface area contributed by atoms with Crippen LogP contribution in [0, 0.1) is 0 Å². The summed E-state index contributed by atoms with van der Waals surface area (Å²) in [5.74, 6) is -4.49. The Morgan fingerprint density at radius 2 is 1.60 bits per heavy atom. The minimum atomic E-state index is -5.65. The number of halogens is 7. The van der Waals surface area contributed by atoms with Crippen molar-refractivity contribution < 1.29 is 35.8 Å². The first-order chi connectivity index (χ1) is 6.64. The van der Waals surface area contributed by atoms with Gasteiger partial charge < -0.3 is 9.47 Å². The van der Waals surface area contributed by atoms with Crippen molar-refractivity contribution in [3.8, 4) is 0 Å². The van der Waals surface area contributed by atoms with Gasteiger partial charge in [-0.05, 0) is 0 Å². The molecule has 0 saturated carbocycles. The fraction of sp³-hybridized carbons (Fsp3) is 1.00. The maximum absolute atomic E-state index is 12.2. The predicted octanol–water partition coefficient (Wildman–Crippen LogP) is 2.62. The Kier molecular flexibility index (Phi) is 3.28. The van der Waals surface area contributed by atoms with Crippen LogP contribution in [0.2, 0.25) is 0 Å². The van der Waals surface area contributed by atoms with Crippen LogP contribution >= 0.6 is 15.9 Å². The molecule has 1 unspecified atom stereocenters. The Labute approximate surface area is 88.6 Å². The number of hydrogen-bond acceptors (Lipinski definition) is 2. The molecule has 2 nitrogen and oxygen atoms in total. The van der Waals surface area contributed by atoms with Crippen LogP contribution in [0.4, 0.5) is 26.3 Å². The lowest BCUT2D eigenvalue weighted by Gasteiger charge is -2.31.